The molecule has 2 aromatic rings. The SMILES string of the molecule is COc1ccc(NS(=O)(=O)c2cccnc2)c2c1C[C@@H](N1CCCC1)CC2. The molecule has 1 aromatic heterocycles. The Hall–Kier alpha value is -2.12. The summed E-state index contributed by atoms with van der Waals surface area (Å²) in [7, 11) is -1.98. The number of likely N-dealkylation sites (tertiary alicyclic amines) is 1. The van der Waals surface area contributed by atoms with Crippen molar-refractivity contribution in [2.24, 2.45) is 0 Å². The number of ether oxygens (including phenoxy) is 1. The van der Waals surface area contributed by atoms with E-state index >= 15 is 0 Å². The minimum Gasteiger partial charge on any atom is -0.496 e. The normalized spacial score (nSPS) is 20.3. The highest BCUT2D eigenvalue weighted by Gasteiger charge is 2.30. The molecule has 4 rings (SSSR count). The van der Waals surface area contributed by atoms with E-state index in [9.17, 15) is 8.42 Å². The molecule has 1 N–H and O–H groups in total. The van der Waals surface area contributed by atoms with Crippen molar-refractivity contribution < 1.29 is 13.2 Å². The van der Waals surface area contributed by atoms with Gasteiger partial charge in [-0.2, -0.15) is 0 Å². The fraction of sp³-hybridized carbons (Fsp3) is 0.450. The summed E-state index contributed by atoms with van der Waals surface area (Å²) in [5, 5.41) is 0. The monoisotopic (exact) mass is 387 g/mol. The first kappa shape index (κ1) is 18.3. The highest BCUT2D eigenvalue weighted by molar-refractivity contribution is 7.92. The molecule has 27 heavy (non-hydrogen) atoms. The Morgan fingerprint density at radius 3 is 2.70 bits per heavy atom. The number of aromatic nitrogens is 1. The number of nitrogens with zero attached hydrogens (tertiary/aromatic N) is 2. The molecule has 0 spiro atoms. The van der Waals surface area contributed by atoms with Crippen LogP contribution in [-0.4, -0.2) is 44.5 Å². The van der Waals surface area contributed by atoms with Gasteiger partial charge >= 0.3 is 0 Å². The molecule has 1 fully saturated rings. The summed E-state index contributed by atoms with van der Waals surface area (Å²) in [6.07, 6.45) is 8.26. The number of rotatable bonds is 5. The number of sulfonamides is 1. The molecule has 1 aromatic carbocycles. The fourth-order valence-electron chi connectivity index (χ4n) is 4.24. The van der Waals surface area contributed by atoms with Gasteiger partial charge in [0.05, 0.1) is 12.8 Å². The second-order valence-corrected chi connectivity index (χ2v) is 8.89. The van der Waals surface area contributed by atoms with Gasteiger partial charge in [0.25, 0.3) is 10.0 Å². The van der Waals surface area contributed by atoms with Crippen molar-refractivity contribution >= 4 is 15.7 Å². The average molecular weight is 388 g/mol. The first-order valence-electron chi connectivity index (χ1n) is 9.44. The molecule has 1 atom stereocenters. The van der Waals surface area contributed by atoms with Crippen molar-refractivity contribution in [2.75, 3.05) is 24.9 Å². The molecular formula is C20H25N3O3S. The largest absolute Gasteiger partial charge is 0.496 e. The van der Waals surface area contributed by atoms with Crippen LogP contribution in [0.3, 0.4) is 0 Å². The van der Waals surface area contributed by atoms with Crippen molar-refractivity contribution in [3.63, 3.8) is 0 Å². The van der Waals surface area contributed by atoms with E-state index in [-0.39, 0.29) is 4.90 Å². The van der Waals surface area contributed by atoms with E-state index in [1.165, 1.54) is 19.0 Å². The first-order chi connectivity index (χ1) is 13.1. The molecule has 0 amide bonds. The van der Waals surface area contributed by atoms with Gasteiger partial charge in [0.2, 0.25) is 0 Å². The number of anilines is 1. The van der Waals surface area contributed by atoms with Crippen LogP contribution in [0.4, 0.5) is 5.69 Å². The third kappa shape index (κ3) is 3.66. The topological polar surface area (TPSA) is 71.5 Å². The van der Waals surface area contributed by atoms with Crippen LogP contribution in [0.1, 0.15) is 30.4 Å². The fourth-order valence-corrected chi connectivity index (χ4v) is 5.30. The number of hydrogen-bond acceptors (Lipinski definition) is 5. The summed E-state index contributed by atoms with van der Waals surface area (Å²) in [6.45, 7) is 2.32. The highest BCUT2D eigenvalue weighted by Crippen LogP contribution is 2.37. The maximum absolute atomic E-state index is 12.7. The number of nitrogens with one attached hydrogen (secondary N) is 1. The van der Waals surface area contributed by atoms with Crippen LogP contribution in [0.25, 0.3) is 0 Å². The average Bonchev–Trinajstić information content (AvgIpc) is 3.23. The van der Waals surface area contributed by atoms with Crippen LogP contribution in [0.5, 0.6) is 5.75 Å². The maximum Gasteiger partial charge on any atom is 0.263 e. The van der Waals surface area contributed by atoms with Crippen molar-refractivity contribution in [2.45, 2.75) is 43.0 Å². The zero-order chi connectivity index (χ0) is 18.9. The predicted molar refractivity (Wildman–Crippen MR) is 105 cm³/mol. The van der Waals surface area contributed by atoms with Gasteiger partial charge in [-0.1, -0.05) is 0 Å². The summed E-state index contributed by atoms with van der Waals surface area (Å²) in [5.41, 5.74) is 2.83. The number of methoxy groups -OCH3 is 1. The van der Waals surface area contributed by atoms with Gasteiger partial charge in [-0.3, -0.25) is 9.71 Å². The Balaban J connectivity index is 1.65. The van der Waals surface area contributed by atoms with E-state index < -0.39 is 10.0 Å². The van der Waals surface area contributed by atoms with Gasteiger partial charge in [0, 0.05) is 24.0 Å². The molecule has 2 aliphatic rings. The standard InChI is InChI=1S/C20H25N3O3S/c1-26-20-9-8-19(22-27(24,25)16-5-4-10-21-14-16)17-7-6-15(13-18(17)20)23-11-2-3-12-23/h4-5,8-10,14-15,22H,2-3,6-7,11-13H2,1H3/t15-/m0/s1. The number of pyridine rings is 1. The van der Waals surface area contributed by atoms with Gasteiger partial charge in [-0.15, -0.1) is 0 Å². The number of benzene rings is 1. The van der Waals surface area contributed by atoms with Crippen LogP contribution < -0.4 is 9.46 Å². The summed E-state index contributed by atoms with van der Waals surface area (Å²) in [6, 6.07) is 7.36. The maximum atomic E-state index is 12.7. The summed E-state index contributed by atoms with van der Waals surface area (Å²) in [4.78, 5) is 6.65. The van der Waals surface area contributed by atoms with Crippen molar-refractivity contribution in [1.82, 2.24) is 9.88 Å². The molecule has 7 heteroatoms. The Bertz CT molecular complexity index is 910. The van der Waals surface area contributed by atoms with Crippen LogP contribution in [0, 0.1) is 0 Å². The Labute approximate surface area is 160 Å². The van der Waals surface area contributed by atoms with Crippen molar-refractivity contribution in [1.29, 1.82) is 0 Å². The van der Waals surface area contributed by atoms with Crippen LogP contribution >= 0.6 is 0 Å². The van der Waals surface area contributed by atoms with E-state index in [1.54, 1.807) is 25.4 Å². The Kier molecular flexibility index (Phi) is 5.06. The van der Waals surface area contributed by atoms with Crippen LogP contribution in [0.2, 0.25) is 0 Å². The second-order valence-electron chi connectivity index (χ2n) is 7.21. The lowest BCUT2D eigenvalue weighted by Crippen LogP contribution is -2.37. The van der Waals surface area contributed by atoms with Crippen molar-refractivity contribution in [3.05, 3.63) is 47.8 Å². The number of hydrogen-bond donors (Lipinski definition) is 1. The van der Waals surface area contributed by atoms with Crippen molar-refractivity contribution in [3.8, 4) is 5.75 Å². The van der Waals surface area contributed by atoms with E-state index in [4.69, 9.17) is 4.74 Å². The van der Waals surface area contributed by atoms with E-state index in [2.05, 4.69) is 14.6 Å². The van der Waals surface area contributed by atoms with E-state index in [1.807, 2.05) is 12.1 Å². The number of fused-ring (bicyclic) bond motifs is 1. The van der Waals surface area contributed by atoms with Gasteiger partial charge in [0.1, 0.15) is 10.6 Å². The van der Waals surface area contributed by atoms with Crippen LogP contribution in [0.15, 0.2) is 41.6 Å². The first-order valence-corrected chi connectivity index (χ1v) is 10.9. The molecule has 1 aliphatic carbocycles. The predicted octanol–water partition coefficient (Wildman–Crippen LogP) is 2.84. The second kappa shape index (κ2) is 7.48. The van der Waals surface area contributed by atoms with Gasteiger partial charge in [-0.25, -0.2) is 8.42 Å². The third-order valence-corrected chi connectivity index (χ3v) is 6.97. The smallest absolute Gasteiger partial charge is 0.263 e. The molecule has 2 heterocycles. The zero-order valence-corrected chi connectivity index (χ0v) is 16.3. The zero-order valence-electron chi connectivity index (χ0n) is 15.5. The van der Waals surface area contributed by atoms with Gasteiger partial charge in [0.15, 0.2) is 0 Å². The third-order valence-electron chi connectivity index (χ3n) is 5.62. The van der Waals surface area contributed by atoms with E-state index in [0.717, 1.165) is 49.2 Å². The summed E-state index contributed by atoms with van der Waals surface area (Å²) >= 11 is 0. The summed E-state index contributed by atoms with van der Waals surface area (Å²) in [5.74, 6) is 0.846. The Morgan fingerprint density at radius 2 is 2.00 bits per heavy atom. The minimum atomic E-state index is -3.66. The lowest BCUT2D eigenvalue weighted by atomic mass is 9.86. The molecule has 0 bridgehead atoms. The van der Waals surface area contributed by atoms with Gasteiger partial charge < -0.3 is 9.64 Å². The molecule has 6 nitrogen and oxygen atoms in total. The lowest BCUT2D eigenvalue weighted by Gasteiger charge is -2.33. The molecule has 144 valence electrons. The van der Waals surface area contributed by atoms with Crippen LogP contribution in [-0.2, 0) is 22.9 Å². The van der Waals surface area contributed by atoms with E-state index in [0.29, 0.717) is 11.7 Å². The molecule has 0 radical (unpaired) electrons. The molecule has 0 saturated carbocycles. The Morgan fingerprint density at radius 1 is 1.19 bits per heavy atom. The highest BCUT2D eigenvalue weighted by atomic mass is 32.2. The minimum absolute atomic E-state index is 0.167. The lowest BCUT2D eigenvalue weighted by molar-refractivity contribution is 0.220. The summed E-state index contributed by atoms with van der Waals surface area (Å²) < 4.78 is 33.8. The molecule has 0 unspecified atom stereocenters. The van der Waals surface area contributed by atoms with Gasteiger partial charge in [-0.05, 0) is 75.0 Å². The quantitative estimate of drug-likeness (QED) is 0.854. The molecule has 1 aliphatic heterocycles. The molecule has 1 saturated heterocycles. The molecular weight excluding hydrogens is 362 g/mol.